The van der Waals surface area contributed by atoms with Crippen molar-refractivity contribution in [1.29, 1.82) is 0 Å². The lowest BCUT2D eigenvalue weighted by Gasteiger charge is -2.14. The first kappa shape index (κ1) is 18.5. The molecule has 1 aliphatic heterocycles. The van der Waals surface area contributed by atoms with Crippen molar-refractivity contribution in [3.05, 3.63) is 28.3 Å². The van der Waals surface area contributed by atoms with Gasteiger partial charge in [-0.2, -0.15) is 0 Å². The Morgan fingerprint density at radius 1 is 1.25 bits per heavy atom. The Balaban J connectivity index is 1.81. The molecule has 1 aromatic rings. The fourth-order valence-corrected chi connectivity index (χ4v) is 4.60. The van der Waals surface area contributed by atoms with Gasteiger partial charge in [-0.05, 0) is 43.5 Å². The largest absolute Gasteiger partial charge is 0.483 e. The first-order valence-electron chi connectivity index (χ1n) is 7.36. The fraction of sp³-hybridized carbons (Fsp3) is 0.467. The quantitative estimate of drug-likeness (QED) is 0.763. The van der Waals surface area contributed by atoms with Crippen LogP contribution >= 0.6 is 11.6 Å². The summed E-state index contributed by atoms with van der Waals surface area (Å²) in [4.78, 5) is 23.6. The molecular weight excluding hydrogens is 356 g/mol. The molecule has 2 N–H and O–H groups in total. The second-order valence-corrected chi connectivity index (χ2v) is 8.46. The molecule has 0 aliphatic carbocycles. The summed E-state index contributed by atoms with van der Waals surface area (Å²) in [6.45, 7) is 3.34. The van der Waals surface area contributed by atoms with Gasteiger partial charge in [0.2, 0.25) is 5.91 Å². The van der Waals surface area contributed by atoms with Gasteiger partial charge >= 0.3 is 0 Å². The second kappa shape index (κ2) is 7.40. The highest BCUT2D eigenvalue weighted by atomic mass is 35.5. The molecule has 1 heterocycles. The van der Waals surface area contributed by atoms with Crippen LogP contribution in [0.2, 0.25) is 5.02 Å². The average Bonchev–Trinajstić information content (AvgIpc) is 2.84. The van der Waals surface area contributed by atoms with Gasteiger partial charge in [0.05, 0.1) is 17.4 Å². The maximum absolute atomic E-state index is 11.8. The van der Waals surface area contributed by atoms with E-state index < -0.39 is 27.6 Å². The number of carbonyl (C=O) groups excluding carboxylic acids is 2. The number of hydrogen-bond acceptors (Lipinski definition) is 5. The van der Waals surface area contributed by atoms with Crippen molar-refractivity contribution in [3.63, 3.8) is 0 Å². The summed E-state index contributed by atoms with van der Waals surface area (Å²) < 4.78 is 28.1. The van der Waals surface area contributed by atoms with Crippen LogP contribution in [-0.4, -0.2) is 38.3 Å². The van der Waals surface area contributed by atoms with Gasteiger partial charge in [-0.3, -0.25) is 20.4 Å². The summed E-state index contributed by atoms with van der Waals surface area (Å²) in [5.74, 6) is -1.31. The summed E-state index contributed by atoms with van der Waals surface area (Å²) in [6, 6.07) is 3.45. The van der Waals surface area contributed by atoms with Crippen LogP contribution in [0.15, 0.2) is 12.1 Å². The lowest BCUT2D eigenvalue weighted by molar-refractivity contribution is -0.131. The number of carbonyl (C=O) groups is 2. The zero-order valence-electron chi connectivity index (χ0n) is 13.4. The predicted octanol–water partition coefficient (Wildman–Crippen LogP) is 0.918. The Hall–Kier alpha value is -1.80. The van der Waals surface area contributed by atoms with Crippen molar-refractivity contribution in [1.82, 2.24) is 10.9 Å². The number of sulfone groups is 1. The van der Waals surface area contributed by atoms with E-state index in [4.69, 9.17) is 16.3 Å². The lowest BCUT2D eigenvalue weighted by Crippen LogP contribution is -2.46. The maximum atomic E-state index is 11.8. The summed E-state index contributed by atoms with van der Waals surface area (Å²) in [7, 11) is -3.15. The Bertz CT molecular complexity index is 740. The van der Waals surface area contributed by atoms with Crippen LogP contribution in [0, 0.1) is 19.8 Å². The van der Waals surface area contributed by atoms with E-state index in [0.29, 0.717) is 10.8 Å². The van der Waals surface area contributed by atoms with Gasteiger partial charge in [-0.15, -0.1) is 0 Å². The minimum absolute atomic E-state index is 0.00271. The standard InChI is InChI=1S/C15H19ClN2O5S/c1-9-5-12(16)6-10(2)14(9)23-7-13(19)17-18-15(20)11-3-4-24(21,22)8-11/h5-6,11H,3-4,7-8H2,1-2H3,(H,17,19)(H,18,20)/t11-/m1/s1. The summed E-state index contributed by atoms with van der Waals surface area (Å²) in [6.07, 6.45) is 0.268. The summed E-state index contributed by atoms with van der Waals surface area (Å²) in [5.41, 5.74) is 6.05. The smallest absolute Gasteiger partial charge is 0.276 e. The molecule has 132 valence electrons. The van der Waals surface area contributed by atoms with Crippen molar-refractivity contribution < 1.29 is 22.7 Å². The van der Waals surface area contributed by atoms with Crippen molar-refractivity contribution in [3.8, 4) is 5.75 Å². The van der Waals surface area contributed by atoms with Crippen LogP contribution < -0.4 is 15.6 Å². The van der Waals surface area contributed by atoms with E-state index in [9.17, 15) is 18.0 Å². The normalized spacial score (nSPS) is 18.9. The van der Waals surface area contributed by atoms with E-state index in [0.717, 1.165) is 11.1 Å². The van der Waals surface area contributed by atoms with Gasteiger partial charge in [-0.1, -0.05) is 11.6 Å². The lowest BCUT2D eigenvalue weighted by atomic mass is 10.1. The molecule has 2 rings (SSSR count). The number of benzene rings is 1. The molecule has 0 unspecified atom stereocenters. The second-order valence-electron chi connectivity index (χ2n) is 5.79. The van der Waals surface area contributed by atoms with Gasteiger partial charge in [0.15, 0.2) is 16.4 Å². The Morgan fingerprint density at radius 2 is 1.88 bits per heavy atom. The molecule has 1 fully saturated rings. The SMILES string of the molecule is Cc1cc(Cl)cc(C)c1OCC(=O)NNC(=O)[C@@H]1CCS(=O)(=O)C1. The maximum Gasteiger partial charge on any atom is 0.276 e. The van der Waals surface area contributed by atoms with Gasteiger partial charge in [-0.25, -0.2) is 8.42 Å². The van der Waals surface area contributed by atoms with E-state index >= 15 is 0 Å². The Labute approximate surface area is 145 Å². The number of ether oxygens (including phenoxy) is 1. The van der Waals surface area contributed by atoms with Crippen LogP contribution in [0.1, 0.15) is 17.5 Å². The number of rotatable bonds is 4. The first-order valence-corrected chi connectivity index (χ1v) is 9.56. The van der Waals surface area contributed by atoms with E-state index in [1.54, 1.807) is 12.1 Å². The van der Waals surface area contributed by atoms with Crippen LogP contribution in [0.25, 0.3) is 0 Å². The highest BCUT2D eigenvalue weighted by molar-refractivity contribution is 7.91. The van der Waals surface area contributed by atoms with E-state index in [1.807, 2.05) is 13.8 Å². The Kier molecular flexibility index (Phi) is 5.71. The molecule has 1 saturated heterocycles. The van der Waals surface area contributed by atoms with Crippen molar-refractivity contribution in [2.75, 3.05) is 18.1 Å². The molecule has 1 aromatic carbocycles. The van der Waals surface area contributed by atoms with Gasteiger partial charge in [0.25, 0.3) is 5.91 Å². The minimum atomic E-state index is -3.15. The van der Waals surface area contributed by atoms with Crippen molar-refractivity contribution >= 4 is 33.3 Å². The van der Waals surface area contributed by atoms with Crippen LogP contribution in [0.4, 0.5) is 0 Å². The zero-order chi connectivity index (χ0) is 17.9. The topological polar surface area (TPSA) is 102 Å². The van der Waals surface area contributed by atoms with Gasteiger partial charge in [0, 0.05) is 5.02 Å². The summed E-state index contributed by atoms with van der Waals surface area (Å²) >= 11 is 5.93. The number of halogens is 1. The van der Waals surface area contributed by atoms with Gasteiger partial charge < -0.3 is 4.74 Å². The molecule has 24 heavy (non-hydrogen) atoms. The zero-order valence-corrected chi connectivity index (χ0v) is 15.0. The Morgan fingerprint density at radius 3 is 2.42 bits per heavy atom. The predicted molar refractivity (Wildman–Crippen MR) is 89.5 cm³/mol. The number of nitrogens with one attached hydrogen (secondary N) is 2. The van der Waals surface area contributed by atoms with E-state index in [1.165, 1.54) is 0 Å². The third-order valence-electron chi connectivity index (χ3n) is 3.70. The molecule has 0 aromatic heterocycles. The number of hydrazine groups is 1. The molecule has 1 atom stereocenters. The molecule has 7 nitrogen and oxygen atoms in total. The van der Waals surface area contributed by atoms with Crippen molar-refractivity contribution in [2.24, 2.45) is 5.92 Å². The van der Waals surface area contributed by atoms with E-state index in [2.05, 4.69) is 10.9 Å². The van der Waals surface area contributed by atoms with Crippen LogP contribution in [0.5, 0.6) is 5.75 Å². The number of amides is 2. The third-order valence-corrected chi connectivity index (χ3v) is 5.69. The highest BCUT2D eigenvalue weighted by Crippen LogP contribution is 2.26. The number of aryl methyl sites for hydroxylation is 2. The van der Waals surface area contributed by atoms with Crippen molar-refractivity contribution in [2.45, 2.75) is 20.3 Å². The first-order chi connectivity index (χ1) is 11.2. The molecule has 0 radical (unpaired) electrons. The molecule has 2 amide bonds. The number of hydrogen-bond donors (Lipinski definition) is 2. The van der Waals surface area contributed by atoms with E-state index in [-0.39, 0.29) is 24.5 Å². The third kappa shape index (κ3) is 4.85. The monoisotopic (exact) mass is 374 g/mol. The molecule has 9 heteroatoms. The molecule has 0 bridgehead atoms. The van der Waals surface area contributed by atoms with Crippen LogP contribution in [-0.2, 0) is 19.4 Å². The molecule has 1 aliphatic rings. The summed E-state index contributed by atoms with van der Waals surface area (Å²) in [5, 5.41) is 0.584. The van der Waals surface area contributed by atoms with Gasteiger partial charge in [0.1, 0.15) is 5.75 Å². The fourth-order valence-electron chi connectivity index (χ4n) is 2.53. The molecule has 0 saturated carbocycles. The minimum Gasteiger partial charge on any atom is -0.483 e. The highest BCUT2D eigenvalue weighted by Gasteiger charge is 2.33. The average molecular weight is 375 g/mol. The van der Waals surface area contributed by atoms with Crippen LogP contribution in [0.3, 0.4) is 0 Å². The molecule has 0 spiro atoms. The molecular formula is C15H19ClN2O5S.